The van der Waals surface area contributed by atoms with Crippen LogP contribution in [0.3, 0.4) is 0 Å². The van der Waals surface area contributed by atoms with Crippen LogP contribution < -0.4 is 10.6 Å². The second-order valence-corrected chi connectivity index (χ2v) is 5.07. The lowest BCUT2D eigenvalue weighted by atomic mass is 9.90. The Bertz CT molecular complexity index is 301. The highest BCUT2D eigenvalue weighted by Crippen LogP contribution is 2.18. The lowest BCUT2D eigenvalue weighted by Gasteiger charge is -2.23. The van der Waals surface area contributed by atoms with Gasteiger partial charge in [-0.05, 0) is 29.5 Å². The second-order valence-electron chi connectivity index (χ2n) is 5.07. The van der Waals surface area contributed by atoms with Gasteiger partial charge in [-0.25, -0.2) is 0 Å². The summed E-state index contributed by atoms with van der Waals surface area (Å²) in [7, 11) is 1.94. The van der Waals surface area contributed by atoms with Gasteiger partial charge in [0.15, 0.2) is 0 Å². The molecule has 0 aliphatic rings. The second kappa shape index (κ2) is 5.90. The van der Waals surface area contributed by atoms with Crippen molar-refractivity contribution in [2.45, 2.75) is 33.7 Å². The van der Waals surface area contributed by atoms with Crippen molar-refractivity contribution < 1.29 is 0 Å². The molecule has 0 atom stereocenters. The number of benzene rings is 1. The third-order valence-corrected chi connectivity index (χ3v) is 3.13. The molecule has 0 aromatic heterocycles. The summed E-state index contributed by atoms with van der Waals surface area (Å²) in [5, 5.41) is 6.63. The van der Waals surface area contributed by atoms with Gasteiger partial charge in [-0.1, -0.05) is 32.9 Å². The standard InChI is InChI=1S/C14H24N2/c1-5-14(2,3)11-16-10-12-6-8-13(15-4)9-7-12/h6-9,15-16H,5,10-11H2,1-4H3. The number of rotatable bonds is 6. The van der Waals surface area contributed by atoms with Crippen molar-refractivity contribution in [1.82, 2.24) is 5.32 Å². The van der Waals surface area contributed by atoms with Crippen molar-refractivity contribution in [3.8, 4) is 0 Å². The van der Waals surface area contributed by atoms with Crippen LogP contribution in [-0.2, 0) is 6.54 Å². The Morgan fingerprint density at radius 2 is 1.75 bits per heavy atom. The largest absolute Gasteiger partial charge is 0.388 e. The molecule has 0 saturated carbocycles. The SMILES string of the molecule is CCC(C)(C)CNCc1ccc(NC)cc1. The molecule has 2 heteroatoms. The van der Waals surface area contributed by atoms with Gasteiger partial charge >= 0.3 is 0 Å². The van der Waals surface area contributed by atoms with Crippen molar-refractivity contribution in [3.05, 3.63) is 29.8 Å². The van der Waals surface area contributed by atoms with E-state index in [1.54, 1.807) is 0 Å². The van der Waals surface area contributed by atoms with Gasteiger partial charge in [0.1, 0.15) is 0 Å². The smallest absolute Gasteiger partial charge is 0.0337 e. The van der Waals surface area contributed by atoms with E-state index in [1.807, 2.05) is 7.05 Å². The quantitative estimate of drug-likeness (QED) is 0.769. The van der Waals surface area contributed by atoms with Gasteiger partial charge in [-0.2, -0.15) is 0 Å². The average Bonchev–Trinajstić information content (AvgIpc) is 2.30. The molecule has 0 bridgehead atoms. The van der Waals surface area contributed by atoms with E-state index in [-0.39, 0.29) is 0 Å². The molecule has 0 aliphatic carbocycles. The molecule has 0 aliphatic heterocycles. The Morgan fingerprint density at radius 3 is 2.25 bits per heavy atom. The van der Waals surface area contributed by atoms with Gasteiger partial charge < -0.3 is 10.6 Å². The third-order valence-electron chi connectivity index (χ3n) is 3.13. The molecule has 0 heterocycles. The van der Waals surface area contributed by atoms with Gasteiger partial charge in [-0.15, -0.1) is 0 Å². The Labute approximate surface area is 99.5 Å². The van der Waals surface area contributed by atoms with Crippen molar-refractivity contribution in [2.24, 2.45) is 5.41 Å². The fourth-order valence-corrected chi connectivity index (χ4v) is 1.46. The van der Waals surface area contributed by atoms with Crippen LogP contribution in [0.15, 0.2) is 24.3 Å². The van der Waals surface area contributed by atoms with Crippen molar-refractivity contribution >= 4 is 5.69 Å². The molecule has 1 rings (SSSR count). The zero-order valence-electron chi connectivity index (χ0n) is 10.9. The fraction of sp³-hybridized carbons (Fsp3) is 0.571. The van der Waals surface area contributed by atoms with E-state index in [2.05, 4.69) is 55.7 Å². The van der Waals surface area contributed by atoms with Gasteiger partial charge in [0, 0.05) is 25.8 Å². The van der Waals surface area contributed by atoms with Crippen LogP contribution in [0.5, 0.6) is 0 Å². The molecule has 2 nitrogen and oxygen atoms in total. The lowest BCUT2D eigenvalue weighted by Crippen LogP contribution is -2.28. The number of anilines is 1. The third kappa shape index (κ3) is 4.23. The maximum atomic E-state index is 3.51. The van der Waals surface area contributed by atoms with E-state index in [0.29, 0.717) is 5.41 Å². The zero-order chi connectivity index (χ0) is 12.0. The minimum Gasteiger partial charge on any atom is -0.388 e. The summed E-state index contributed by atoms with van der Waals surface area (Å²) in [5.74, 6) is 0. The summed E-state index contributed by atoms with van der Waals surface area (Å²) >= 11 is 0. The molecular weight excluding hydrogens is 196 g/mol. The van der Waals surface area contributed by atoms with Crippen LogP contribution in [0.4, 0.5) is 5.69 Å². The zero-order valence-corrected chi connectivity index (χ0v) is 10.9. The van der Waals surface area contributed by atoms with Gasteiger partial charge in [-0.3, -0.25) is 0 Å². The molecule has 1 aromatic rings. The summed E-state index contributed by atoms with van der Waals surface area (Å²) < 4.78 is 0. The summed E-state index contributed by atoms with van der Waals surface area (Å²) in [4.78, 5) is 0. The predicted molar refractivity (Wildman–Crippen MR) is 71.8 cm³/mol. The molecule has 1 aromatic carbocycles. The normalized spacial score (nSPS) is 11.5. The first kappa shape index (κ1) is 13.0. The Kier molecular flexibility index (Phi) is 4.81. The molecule has 0 spiro atoms. The topological polar surface area (TPSA) is 24.1 Å². The number of hydrogen-bond donors (Lipinski definition) is 2. The predicted octanol–water partition coefficient (Wildman–Crippen LogP) is 3.25. The number of nitrogens with one attached hydrogen (secondary N) is 2. The van der Waals surface area contributed by atoms with Crippen LogP contribution in [-0.4, -0.2) is 13.6 Å². The minimum atomic E-state index is 0.394. The van der Waals surface area contributed by atoms with Gasteiger partial charge in [0.05, 0.1) is 0 Å². The lowest BCUT2D eigenvalue weighted by molar-refractivity contribution is 0.327. The summed E-state index contributed by atoms with van der Waals surface area (Å²) in [5.41, 5.74) is 2.90. The highest BCUT2D eigenvalue weighted by molar-refractivity contribution is 5.43. The van der Waals surface area contributed by atoms with E-state index >= 15 is 0 Å². The van der Waals surface area contributed by atoms with Crippen LogP contribution in [0.2, 0.25) is 0 Å². The summed E-state index contributed by atoms with van der Waals surface area (Å²) in [6.07, 6.45) is 1.21. The van der Waals surface area contributed by atoms with E-state index in [0.717, 1.165) is 18.8 Å². The summed E-state index contributed by atoms with van der Waals surface area (Å²) in [6, 6.07) is 8.56. The van der Waals surface area contributed by atoms with E-state index in [4.69, 9.17) is 0 Å². The van der Waals surface area contributed by atoms with Gasteiger partial charge in [0.25, 0.3) is 0 Å². The molecule has 2 N–H and O–H groups in total. The Morgan fingerprint density at radius 1 is 1.12 bits per heavy atom. The molecular formula is C14H24N2. The molecule has 90 valence electrons. The molecule has 0 saturated heterocycles. The maximum absolute atomic E-state index is 3.51. The first-order valence-electron chi connectivity index (χ1n) is 6.05. The first-order chi connectivity index (χ1) is 7.57. The number of hydrogen-bond acceptors (Lipinski definition) is 2. The van der Waals surface area contributed by atoms with Crippen molar-refractivity contribution in [3.63, 3.8) is 0 Å². The molecule has 0 amide bonds. The van der Waals surface area contributed by atoms with Crippen molar-refractivity contribution in [1.29, 1.82) is 0 Å². The molecule has 0 radical (unpaired) electrons. The van der Waals surface area contributed by atoms with Crippen LogP contribution >= 0.6 is 0 Å². The highest BCUT2D eigenvalue weighted by atomic mass is 14.9. The highest BCUT2D eigenvalue weighted by Gasteiger charge is 2.13. The van der Waals surface area contributed by atoms with Crippen LogP contribution in [0.25, 0.3) is 0 Å². The average molecular weight is 220 g/mol. The molecule has 0 fully saturated rings. The molecule has 16 heavy (non-hydrogen) atoms. The van der Waals surface area contributed by atoms with E-state index in [1.165, 1.54) is 12.0 Å². The first-order valence-corrected chi connectivity index (χ1v) is 6.05. The van der Waals surface area contributed by atoms with E-state index in [9.17, 15) is 0 Å². The molecule has 0 unspecified atom stereocenters. The van der Waals surface area contributed by atoms with Gasteiger partial charge in [0.2, 0.25) is 0 Å². The Balaban J connectivity index is 2.37. The minimum absolute atomic E-state index is 0.394. The fourth-order valence-electron chi connectivity index (χ4n) is 1.46. The summed E-state index contributed by atoms with van der Waals surface area (Å²) in [6.45, 7) is 8.85. The van der Waals surface area contributed by atoms with Crippen molar-refractivity contribution in [2.75, 3.05) is 18.9 Å². The Hall–Kier alpha value is -1.02. The maximum Gasteiger partial charge on any atom is 0.0337 e. The van der Waals surface area contributed by atoms with Crippen LogP contribution in [0.1, 0.15) is 32.8 Å². The van der Waals surface area contributed by atoms with E-state index < -0.39 is 0 Å². The monoisotopic (exact) mass is 220 g/mol. The van der Waals surface area contributed by atoms with Crippen LogP contribution in [0, 0.1) is 5.41 Å².